The van der Waals surface area contributed by atoms with E-state index in [9.17, 15) is 0 Å². The van der Waals surface area contributed by atoms with Gasteiger partial charge < -0.3 is 15.0 Å². The summed E-state index contributed by atoms with van der Waals surface area (Å²) in [6.45, 7) is 12.4. The summed E-state index contributed by atoms with van der Waals surface area (Å²) in [6, 6.07) is 0.720. The number of likely N-dealkylation sites (tertiary alicyclic amines) is 1. The Kier molecular flexibility index (Phi) is 5.73. The molecule has 0 aliphatic carbocycles. The molecule has 1 aliphatic heterocycles. The van der Waals surface area contributed by atoms with Crippen molar-refractivity contribution in [2.75, 3.05) is 39.9 Å². The first kappa shape index (κ1) is 13.9. The Bertz CT molecular complexity index is 181. The van der Waals surface area contributed by atoms with Crippen LogP contribution in [0.1, 0.15) is 33.6 Å². The van der Waals surface area contributed by atoms with Gasteiger partial charge in [-0.1, -0.05) is 20.8 Å². The van der Waals surface area contributed by atoms with Gasteiger partial charge in [0.15, 0.2) is 0 Å². The van der Waals surface area contributed by atoms with Gasteiger partial charge in [0.1, 0.15) is 0 Å². The van der Waals surface area contributed by atoms with E-state index in [0.717, 1.165) is 25.7 Å². The van der Waals surface area contributed by atoms with Gasteiger partial charge in [0, 0.05) is 26.2 Å². The molecule has 0 aromatic heterocycles. The number of rotatable bonds is 5. The maximum atomic E-state index is 5.11. The Labute approximate surface area is 101 Å². The van der Waals surface area contributed by atoms with Crippen LogP contribution in [0.5, 0.6) is 0 Å². The van der Waals surface area contributed by atoms with E-state index in [1.165, 1.54) is 25.9 Å². The lowest BCUT2D eigenvalue weighted by Crippen LogP contribution is -2.45. The lowest BCUT2D eigenvalue weighted by atomic mass is 9.95. The van der Waals surface area contributed by atoms with Gasteiger partial charge in [-0.2, -0.15) is 0 Å². The molecule has 0 unspecified atom stereocenters. The molecule has 96 valence electrons. The Morgan fingerprint density at radius 3 is 2.38 bits per heavy atom. The predicted octanol–water partition coefficient (Wildman–Crippen LogP) is 1.73. The third-order valence-corrected chi connectivity index (χ3v) is 3.12. The molecule has 0 bridgehead atoms. The summed E-state index contributed by atoms with van der Waals surface area (Å²) in [4.78, 5) is 2.50. The monoisotopic (exact) mass is 228 g/mol. The third kappa shape index (κ3) is 5.83. The molecule has 0 radical (unpaired) electrons. The first-order chi connectivity index (χ1) is 7.51. The summed E-state index contributed by atoms with van der Waals surface area (Å²) < 4.78 is 5.11. The number of ether oxygens (including phenoxy) is 1. The molecule has 3 nitrogen and oxygen atoms in total. The molecular formula is C13H28N2O. The molecule has 1 rings (SSSR count). The summed E-state index contributed by atoms with van der Waals surface area (Å²) >= 11 is 0. The Morgan fingerprint density at radius 2 is 1.88 bits per heavy atom. The quantitative estimate of drug-likeness (QED) is 0.775. The third-order valence-electron chi connectivity index (χ3n) is 3.12. The van der Waals surface area contributed by atoms with Crippen molar-refractivity contribution in [1.29, 1.82) is 0 Å². The number of methoxy groups -OCH3 is 1. The van der Waals surface area contributed by atoms with Gasteiger partial charge in [-0.25, -0.2) is 0 Å². The van der Waals surface area contributed by atoms with Gasteiger partial charge in [0.25, 0.3) is 0 Å². The second kappa shape index (κ2) is 6.58. The molecular weight excluding hydrogens is 200 g/mol. The molecule has 0 spiro atoms. The zero-order valence-corrected chi connectivity index (χ0v) is 11.4. The van der Waals surface area contributed by atoms with Crippen LogP contribution in [0, 0.1) is 5.41 Å². The predicted molar refractivity (Wildman–Crippen MR) is 68.8 cm³/mol. The second-order valence-electron chi connectivity index (χ2n) is 6.05. The van der Waals surface area contributed by atoms with Crippen molar-refractivity contribution in [1.82, 2.24) is 10.2 Å². The van der Waals surface area contributed by atoms with Crippen LogP contribution >= 0.6 is 0 Å². The molecule has 16 heavy (non-hydrogen) atoms. The van der Waals surface area contributed by atoms with Crippen LogP contribution in [-0.4, -0.2) is 50.8 Å². The highest BCUT2D eigenvalue weighted by atomic mass is 16.5. The zero-order chi connectivity index (χ0) is 12.0. The van der Waals surface area contributed by atoms with E-state index in [1.807, 2.05) is 0 Å². The van der Waals surface area contributed by atoms with Crippen LogP contribution in [-0.2, 0) is 4.74 Å². The van der Waals surface area contributed by atoms with E-state index < -0.39 is 0 Å². The molecule has 1 N–H and O–H groups in total. The van der Waals surface area contributed by atoms with Gasteiger partial charge in [0.2, 0.25) is 0 Å². The number of hydrogen-bond donors (Lipinski definition) is 1. The highest BCUT2D eigenvalue weighted by Gasteiger charge is 2.20. The van der Waals surface area contributed by atoms with E-state index in [1.54, 1.807) is 7.11 Å². The van der Waals surface area contributed by atoms with Crippen molar-refractivity contribution in [3.8, 4) is 0 Å². The molecule has 1 aliphatic rings. The van der Waals surface area contributed by atoms with Gasteiger partial charge in [0.05, 0.1) is 6.61 Å². The topological polar surface area (TPSA) is 24.5 Å². The van der Waals surface area contributed by atoms with Crippen molar-refractivity contribution in [2.24, 2.45) is 5.41 Å². The number of nitrogens with one attached hydrogen (secondary N) is 1. The number of nitrogens with zero attached hydrogens (tertiary/aromatic N) is 1. The van der Waals surface area contributed by atoms with Gasteiger partial charge >= 0.3 is 0 Å². The van der Waals surface area contributed by atoms with E-state index in [4.69, 9.17) is 4.74 Å². The molecule has 0 saturated carbocycles. The summed E-state index contributed by atoms with van der Waals surface area (Å²) in [7, 11) is 1.78. The molecule has 3 heteroatoms. The van der Waals surface area contributed by atoms with Crippen molar-refractivity contribution < 1.29 is 4.74 Å². The SMILES string of the molecule is COCCN1CCC(NCC(C)(C)C)CC1. The summed E-state index contributed by atoms with van der Waals surface area (Å²) in [6.07, 6.45) is 2.56. The van der Waals surface area contributed by atoms with Crippen LogP contribution in [0.15, 0.2) is 0 Å². The standard InChI is InChI=1S/C13H28N2O/c1-13(2,3)11-14-12-5-7-15(8-6-12)9-10-16-4/h12,14H,5-11H2,1-4H3. The average molecular weight is 228 g/mol. The Morgan fingerprint density at radius 1 is 1.25 bits per heavy atom. The maximum Gasteiger partial charge on any atom is 0.0589 e. The van der Waals surface area contributed by atoms with Crippen LogP contribution < -0.4 is 5.32 Å². The second-order valence-corrected chi connectivity index (χ2v) is 6.05. The van der Waals surface area contributed by atoms with Crippen molar-refractivity contribution in [3.05, 3.63) is 0 Å². The lowest BCUT2D eigenvalue weighted by molar-refractivity contribution is 0.124. The minimum Gasteiger partial charge on any atom is -0.383 e. The zero-order valence-electron chi connectivity index (χ0n) is 11.4. The first-order valence-corrected chi connectivity index (χ1v) is 6.46. The normalized spacial score (nSPS) is 20.2. The number of hydrogen-bond acceptors (Lipinski definition) is 3. The molecule has 0 atom stereocenters. The van der Waals surface area contributed by atoms with E-state index in [2.05, 4.69) is 31.0 Å². The summed E-state index contributed by atoms with van der Waals surface area (Å²) in [5, 5.41) is 3.68. The van der Waals surface area contributed by atoms with E-state index >= 15 is 0 Å². The molecule has 0 amide bonds. The van der Waals surface area contributed by atoms with Crippen LogP contribution in [0.4, 0.5) is 0 Å². The fraction of sp³-hybridized carbons (Fsp3) is 1.00. The summed E-state index contributed by atoms with van der Waals surface area (Å²) in [5.74, 6) is 0. The smallest absolute Gasteiger partial charge is 0.0589 e. The van der Waals surface area contributed by atoms with E-state index in [0.29, 0.717) is 5.41 Å². The van der Waals surface area contributed by atoms with Crippen molar-refractivity contribution >= 4 is 0 Å². The van der Waals surface area contributed by atoms with Gasteiger partial charge in [-0.05, 0) is 31.3 Å². The first-order valence-electron chi connectivity index (χ1n) is 6.46. The average Bonchev–Trinajstić information content (AvgIpc) is 2.24. The molecule has 0 aromatic carbocycles. The Hall–Kier alpha value is -0.120. The Balaban J connectivity index is 2.12. The van der Waals surface area contributed by atoms with Crippen LogP contribution in [0.3, 0.4) is 0 Å². The van der Waals surface area contributed by atoms with Crippen molar-refractivity contribution in [2.45, 2.75) is 39.7 Å². The van der Waals surface area contributed by atoms with Gasteiger partial charge in [-0.15, -0.1) is 0 Å². The van der Waals surface area contributed by atoms with Crippen LogP contribution in [0.2, 0.25) is 0 Å². The highest BCUT2D eigenvalue weighted by molar-refractivity contribution is 4.79. The maximum absolute atomic E-state index is 5.11. The number of piperidine rings is 1. The fourth-order valence-electron chi connectivity index (χ4n) is 2.03. The molecule has 0 aromatic rings. The summed E-state index contributed by atoms with van der Waals surface area (Å²) in [5.41, 5.74) is 0.396. The van der Waals surface area contributed by atoms with E-state index in [-0.39, 0.29) is 0 Å². The van der Waals surface area contributed by atoms with Gasteiger partial charge in [-0.3, -0.25) is 0 Å². The minimum absolute atomic E-state index is 0.396. The van der Waals surface area contributed by atoms with Crippen LogP contribution in [0.25, 0.3) is 0 Å². The lowest BCUT2D eigenvalue weighted by Gasteiger charge is -2.33. The minimum atomic E-state index is 0.396. The molecule has 1 fully saturated rings. The highest BCUT2D eigenvalue weighted by Crippen LogP contribution is 2.14. The largest absolute Gasteiger partial charge is 0.383 e. The fourth-order valence-corrected chi connectivity index (χ4v) is 2.03. The molecule has 1 heterocycles. The van der Waals surface area contributed by atoms with Crippen molar-refractivity contribution in [3.63, 3.8) is 0 Å². The molecule has 1 saturated heterocycles.